The Morgan fingerprint density at radius 3 is 2.37 bits per heavy atom. The molecule has 1 rings (SSSR count). The van der Waals surface area contributed by atoms with E-state index in [4.69, 9.17) is 17.3 Å². The molecule has 0 bridgehead atoms. The summed E-state index contributed by atoms with van der Waals surface area (Å²) < 4.78 is 26.6. The average molecular weight is 305 g/mol. The van der Waals surface area contributed by atoms with Crippen molar-refractivity contribution in [3.8, 4) is 0 Å². The van der Waals surface area contributed by atoms with E-state index in [0.717, 1.165) is 18.4 Å². The van der Waals surface area contributed by atoms with Crippen molar-refractivity contribution in [3.05, 3.63) is 28.8 Å². The molecule has 6 heteroatoms. The van der Waals surface area contributed by atoms with E-state index >= 15 is 0 Å². The van der Waals surface area contributed by atoms with E-state index < -0.39 is 10.0 Å². The number of benzene rings is 1. The van der Waals surface area contributed by atoms with Crippen LogP contribution in [0.25, 0.3) is 0 Å². The third-order valence-electron chi connectivity index (χ3n) is 3.35. The molecule has 0 heterocycles. The molecule has 108 valence electrons. The van der Waals surface area contributed by atoms with Gasteiger partial charge in [-0.2, -0.15) is 4.31 Å². The lowest BCUT2D eigenvalue weighted by Gasteiger charge is -2.26. The minimum absolute atomic E-state index is 0.0254. The molecular formula is C13H21ClN2O2S. The monoisotopic (exact) mass is 304 g/mol. The Morgan fingerprint density at radius 2 is 1.89 bits per heavy atom. The number of sulfonamides is 1. The Labute approximate surface area is 120 Å². The zero-order valence-electron chi connectivity index (χ0n) is 11.6. The first kappa shape index (κ1) is 16.4. The topological polar surface area (TPSA) is 63.4 Å². The van der Waals surface area contributed by atoms with E-state index in [1.54, 1.807) is 25.2 Å². The van der Waals surface area contributed by atoms with E-state index in [9.17, 15) is 8.42 Å². The van der Waals surface area contributed by atoms with Crippen LogP contribution in [-0.2, 0) is 16.6 Å². The van der Waals surface area contributed by atoms with E-state index in [-0.39, 0.29) is 22.5 Å². The second-order valence-corrected chi connectivity index (χ2v) is 6.83. The zero-order valence-corrected chi connectivity index (χ0v) is 13.1. The predicted molar refractivity (Wildman–Crippen MR) is 78.7 cm³/mol. The van der Waals surface area contributed by atoms with Gasteiger partial charge in [0, 0.05) is 19.6 Å². The van der Waals surface area contributed by atoms with E-state index in [2.05, 4.69) is 0 Å². The zero-order chi connectivity index (χ0) is 14.6. The van der Waals surface area contributed by atoms with Crippen LogP contribution in [0, 0.1) is 0 Å². The van der Waals surface area contributed by atoms with Crippen LogP contribution in [0.15, 0.2) is 23.1 Å². The highest BCUT2D eigenvalue weighted by Gasteiger charge is 2.28. The van der Waals surface area contributed by atoms with E-state index in [0.29, 0.717) is 0 Å². The Balaban J connectivity index is 3.26. The molecule has 0 aliphatic carbocycles. The summed E-state index contributed by atoms with van der Waals surface area (Å²) in [5, 5.41) is 0.231. The summed E-state index contributed by atoms with van der Waals surface area (Å²) in [7, 11) is -1.98. The summed E-state index contributed by atoms with van der Waals surface area (Å²) in [6.07, 6.45) is 1.53. The molecule has 0 atom stereocenters. The number of halogens is 1. The summed E-state index contributed by atoms with van der Waals surface area (Å²) >= 11 is 6.03. The molecule has 0 aliphatic heterocycles. The molecule has 1 aromatic rings. The fourth-order valence-corrected chi connectivity index (χ4v) is 4.05. The van der Waals surface area contributed by atoms with Gasteiger partial charge < -0.3 is 5.73 Å². The molecule has 0 fully saturated rings. The van der Waals surface area contributed by atoms with Crippen LogP contribution >= 0.6 is 11.6 Å². The fraction of sp³-hybridized carbons (Fsp3) is 0.538. The number of nitrogens with zero attached hydrogens (tertiary/aromatic N) is 1. The van der Waals surface area contributed by atoms with Gasteiger partial charge in [0.1, 0.15) is 4.90 Å². The van der Waals surface area contributed by atoms with Crippen LogP contribution in [0.2, 0.25) is 5.02 Å². The van der Waals surface area contributed by atoms with Crippen LogP contribution < -0.4 is 5.73 Å². The van der Waals surface area contributed by atoms with Crippen molar-refractivity contribution < 1.29 is 8.42 Å². The van der Waals surface area contributed by atoms with Gasteiger partial charge in [0.05, 0.1) is 5.02 Å². The third kappa shape index (κ3) is 3.48. The summed E-state index contributed by atoms with van der Waals surface area (Å²) in [4.78, 5) is 0.131. The first-order valence-corrected chi connectivity index (χ1v) is 8.16. The maximum atomic E-state index is 12.6. The van der Waals surface area contributed by atoms with E-state index in [1.807, 2.05) is 13.8 Å². The molecule has 0 amide bonds. The highest BCUT2D eigenvalue weighted by Crippen LogP contribution is 2.27. The molecule has 0 spiro atoms. The standard InChI is InChI=1S/C13H21ClN2O2S/c1-4-11(5-2)16(3)19(17,18)13-8-10(9-15)6-7-12(13)14/h6-8,11H,4-5,9,15H2,1-3H3. The van der Waals surface area contributed by atoms with Gasteiger partial charge in [0.2, 0.25) is 10.0 Å². The van der Waals surface area contributed by atoms with Gasteiger partial charge in [-0.05, 0) is 30.5 Å². The van der Waals surface area contributed by atoms with Crippen molar-refractivity contribution in [1.29, 1.82) is 0 Å². The predicted octanol–water partition coefficient (Wildman–Crippen LogP) is 2.61. The van der Waals surface area contributed by atoms with Gasteiger partial charge >= 0.3 is 0 Å². The molecule has 4 nitrogen and oxygen atoms in total. The lowest BCUT2D eigenvalue weighted by Crippen LogP contribution is -2.36. The summed E-state index contributed by atoms with van der Waals surface area (Å²) in [5.74, 6) is 0. The van der Waals surface area contributed by atoms with Gasteiger partial charge in [-0.1, -0.05) is 31.5 Å². The van der Waals surface area contributed by atoms with E-state index in [1.165, 1.54) is 4.31 Å². The van der Waals surface area contributed by atoms with Crippen molar-refractivity contribution in [2.24, 2.45) is 5.73 Å². The first-order chi connectivity index (χ1) is 8.88. The Hall–Kier alpha value is -0.620. The molecule has 19 heavy (non-hydrogen) atoms. The maximum absolute atomic E-state index is 12.6. The summed E-state index contributed by atoms with van der Waals surface area (Å²) in [6, 6.07) is 4.84. The summed E-state index contributed by atoms with van der Waals surface area (Å²) in [5.41, 5.74) is 6.30. The molecule has 0 aromatic heterocycles. The van der Waals surface area contributed by atoms with Crippen molar-refractivity contribution in [2.75, 3.05) is 7.05 Å². The Bertz CT molecular complexity index is 527. The molecule has 0 radical (unpaired) electrons. The minimum atomic E-state index is -3.58. The number of nitrogens with two attached hydrogens (primary N) is 1. The normalized spacial score (nSPS) is 12.4. The molecule has 0 saturated heterocycles. The van der Waals surface area contributed by atoms with Crippen molar-refractivity contribution in [3.63, 3.8) is 0 Å². The second kappa shape index (κ2) is 6.70. The van der Waals surface area contributed by atoms with Gasteiger partial charge in [-0.3, -0.25) is 0 Å². The SMILES string of the molecule is CCC(CC)N(C)S(=O)(=O)c1cc(CN)ccc1Cl. The molecular weight excluding hydrogens is 284 g/mol. The van der Waals surface area contributed by atoms with Crippen LogP contribution in [0.5, 0.6) is 0 Å². The van der Waals surface area contributed by atoms with Crippen molar-refractivity contribution in [2.45, 2.75) is 44.2 Å². The summed E-state index contributed by atoms with van der Waals surface area (Å²) in [6.45, 7) is 4.23. The molecule has 2 N–H and O–H groups in total. The molecule has 0 saturated carbocycles. The smallest absolute Gasteiger partial charge is 0.244 e. The van der Waals surface area contributed by atoms with Gasteiger partial charge in [-0.15, -0.1) is 0 Å². The first-order valence-electron chi connectivity index (χ1n) is 6.34. The lowest BCUT2D eigenvalue weighted by molar-refractivity contribution is 0.349. The van der Waals surface area contributed by atoms with Gasteiger partial charge in [0.25, 0.3) is 0 Å². The van der Waals surface area contributed by atoms with Crippen LogP contribution in [0.1, 0.15) is 32.3 Å². The second-order valence-electron chi connectivity index (χ2n) is 4.46. The number of hydrogen-bond donors (Lipinski definition) is 1. The molecule has 1 aromatic carbocycles. The Kier molecular flexibility index (Phi) is 5.80. The fourth-order valence-electron chi connectivity index (χ4n) is 2.03. The van der Waals surface area contributed by atoms with Gasteiger partial charge in [-0.25, -0.2) is 8.42 Å². The highest BCUT2D eigenvalue weighted by atomic mass is 35.5. The van der Waals surface area contributed by atoms with Crippen LogP contribution in [0.3, 0.4) is 0 Å². The Morgan fingerprint density at radius 1 is 1.32 bits per heavy atom. The largest absolute Gasteiger partial charge is 0.326 e. The highest BCUT2D eigenvalue weighted by molar-refractivity contribution is 7.89. The van der Waals surface area contributed by atoms with Gasteiger partial charge in [0.15, 0.2) is 0 Å². The lowest BCUT2D eigenvalue weighted by atomic mass is 10.2. The average Bonchev–Trinajstić information content (AvgIpc) is 2.40. The van der Waals surface area contributed by atoms with Crippen LogP contribution in [-0.4, -0.2) is 25.8 Å². The minimum Gasteiger partial charge on any atom is -0.326 e. The molecule has 0 unspecified atom stereocenters. The molecule has 0 aliphatic rings. The van der Waals surface area contributed by atoms with Crippen LogP contribution in [0.4, 0.5) is 0 Å². The number of hydrogen-bond acceptors (Lipinski definition) is 3. The third-order valence-corrected chi connectivity index (χ3v) is 5.74. The maximum Gasteiger partial charge on any atom is 0.244 e. The van der Waals surface area contributed by atoms with Crippen molar-refractivity contribution >= 4 is 21.6 Å². The quantitative estimate of drug-likeness (QED) is 0.878. The number of rotatable bonds is 6. The van der Waals surface area contributed by atoms with Crippen molar-refractivity contribution in [1.82, 2.24) is 4.31 Å².